The van der Waals surface area contributed by atoms with Gasteiger partial charge >= 0.3 is 0 Å². The smallest absolute Gasteiger partial charge is 0.0863 e. The highest BCUT2D eigenvalue weighted by atomic mass is 15.2. The molecule has 0 spiro atoms. The number of hydrogen-bond donors (Lipinski definition) is 0. The lowest BCUT2D eigenvalue weighted by atomic mass is 10.3. The Balaban J connectivity index is 4.28. The third-order valence-corrected chi connectivity index (χ3v) is 3.42. The molecule has 0 aromatic carbocycles. The lowest BCUT2D eigenvalue weighted by Crippen LogP contribution is -2.41. The summed E-state index contributed by atoms with van der Waals surface area (Å²) in [7, 11) is 5.81. The second kappa shape index (κ2) is 13.0. The summed E-state index contributed by atoms with van der Waals surface area (Å²) < 4.78 is 0. The lowest BCUT2D eigenvalue weighted by Gasteiger charge is -2.27. The van der Waals surface area contributed by atoms with Gasteiger partial charge in [-0.2, -0.15) is 15.8 Å². The molecule has 0 bridgehead atoms. The van der Waals surface area contributed by atoms with Crippen LogP contribution in [0.5, 0.6) is 0 Å². The molecule has 0 N–H and O–H groups in total. The third-order valence-electron chi connectivity index (χ3n) is 3.42. The molecule has 0 aliphatic carbocycles. The summed E-state index contributed by atoms with van der Waals surface area (Å²) in [6, 6.07) is 6.43. The fourth-order valence-electron chi connectivity index (χ4n) is 1.87. The van der Waals surface area contributed by atoms with Crippen molar-refractivity contribution in [1.82, 2.24) is 19.6 Å². The summed E-state index contributed by atoms with van der Waals surface area (Å²) in [5.41, 5.74) is 0. The van der Waals surface area contributed by atoms with Crippen LogP contribution in [0.4, 0.5) is 0 Å². The van der Waals surface area contributed by atoms with Gasteiger partial charge in [-0.1, -0.05) is 0 Å². The molecule has 0 saturated heterocycles. The standard InChI is InChI=1S/C15H27N7/c1-19(7-4-16)10-13-22(14-11-20(2)8-5-17)15-12-21(3)9-6-18/h7-15H2,1-3H3. The van der Waals surface area contributed by atoms with Crippen molar-refractivity contribution in [3.63, 3.8) is 0 Å². The maximum absolute atomic E-state index is 8.69. The van der Waals surface area contributed by atoms with Crippen molar-refractivity contribution in [2.45, 2.75) is 0 Å². The molecule has 0 radical (unpaired) electrons. The van der Waals surface area contributed by atoms with E-state index in [0.29, 0.717) is 19.6 Å². The molecule has 0 aromatic rings. The summed E-state index contributed by atoms with van der Waals surface area (Å²) in [6.45, 7) is 6.40. The summed E-state index contributed by atoms with van der Waals surface area (Å²) in [6.07, 6.45) is 0. The van der Waals surface area contributed by atoms with Gasteiger partial charge < -0.3 is 0 Å². The van der Waals surface area contributed by atoms with E-state index >= 15 is 0 Å². The molecule has 0 unspecified atom stereocenters. The fourth-order valence-corrected chi connectivity index (χ4v) is 1.87. The van der Waals surface area contributed by atoms with Crippen molar-refractivity contribution < 1.29 is 0 Å². The second-order valence-electron chi connectivity index (χ2n) is 5.53. The monoisotopic (exact) mass is 305 g/mol. The van der Waals surface area contributed by atoms with Crippen LogP contribution < -0.4 is 0 Å². The molecule has 122 valence electrons. The van der Waals surface area contributed by atoms with Gasteiger partial charge in [0.25, 0.3) is 0 Å². The van der Waals surface area contributed by atoms with Crippen molar-refractivity contribution in [3.05, 3.63) is 0 Å². The van der Waals surface area contributed by atoms with E-state index in [1.165, 1.54) is 0 Å². The van der Waals surface area contributed by atoms with Gasteiger partial charge in [0, 0.05) is 39.3 Å². The predicted molar refractivity (Wildman–Crippen MR) is 85.8 cm³/mol. The van der Waals surface area contributed by atoms with Crippen LogP contribution in [0, 0.1) is 34.0 Å². The van der Waals surface area contributed by atoms with Gasteiger partial charge in [-0.05, 0) is 21.1 Å². The number of hydrogen-bond acceptors (Lipinski definition) is 7. The van der Waals surface area contributed by atoms with Crippen molar-refractivity contribution in [2.75, 3.05) is 80.0 Å². The lowest BCUT2D eigenvalue weighted by molar-refractivity contribution is 0.191. The first-order valence-electron chi connectivity index (χ1n) is 7.42. The summed E-state index contributed by atoms with van der Waals surface area (Å²) in [5, 5.41) is 26.1. The minimum Gasteiger partial charge on any atom is -0.300 e. The number of rotatable bonds is 12. The normalized spacial score (nSPS) is 10.9. The van der Waals surface area contributed by atoms with Gasteiger partial charge in [-0.15, -0.1) is 0 Å². The van der Waals surface area contributed by atoms with Gasteiger partial charge in [0.05, 0.1) is 37.8 Å². The zero-order chi connectivity index (χ0) is 16.8. The average Bonchev–Trinajstić information content (AvgIpc) is 2.47. The Hall–Kier alpha value is -1.69. The summed E-state index contributed by atoms with van der Waals surface area (Å²) >= 11 is 0. The number of nitriles is 3. The molecule has 0 amide bonds. The van der Waals surface area contributed by atoms with Crippen LogP contribution in [0.2, 0.25) is 0 Å². The quantitative estimate of drug-likeness (QED) is 0.456. The second-order valence-corrected chi connectivity index (χ2v) is 5.53. The summed E-state index contributed by atoms with van der Waals surface area (Å²) in [5.74, 6) is 0. The van der Waals surface area contributed by atoms with Crippen LogP contribution in [0.25, 0.3) is 0 Å². The van der Waals surface area contributed by atoms with E-state index in [1.807, 2.05) is 35.8 Å². The topological polar surface area (TPSA) is 84.3 Å². The largest absolute Gasteiger partial charge is 0.300 e. The number of likely N-dealkylation sites (N-methyl/N-ethyl adjacent to an activating group) is 3. The molecule has 7 nitrogen and oxygen atoms in total. The van der Waals surface area contributed by atoms with E-state index in [0.717, 1.165) is 39.3 Å². The highest BCUT2D eigenvalue weighted by Gasteiger charge is 2.09. The Morgan fingerprint density at radius 1 is 0.545 bits per heavy atom. The van der Waals surface area contributed by atoms with Crippen molar-refractivity contribution in [2.24, 2.45) is 0 Å². The maximum atomic E-state index is 8.69. The van der Waals surface area contributed by atoms with E-state index in [4.69, 9.17) is 15.8 Å². The number of nitrogens with zero attached hydrogens (tertiary/aromatic N) is 7. The first-order valence-corrected chi connectivity index (χ1v) is 7.42. The van der Waals surface area contributed by atoms with Gasteiger partial charge in [-0.3, -0.25) is 19.6 Å². The highest BCUT2D eigenvalue weighted by molar-refractivity contribution is 4.78. The summed E-state index contributed by atoms with van der Waals surface area (Å²) in [4.78, 5) is 8.29. The van der Waals surface area contributed by atoms with Crippen LogP contribution in [0.1, 0.15) is 0 Å². The molecular formula is C15H27N7. The Labute approximate surface area is 134 Å². The molecule has 0 rings (SSSR count). The molecule has 0 aliphatic rings. The van der Waals surface area contributed by atoms with Crippen LogP contribution in [-0.2, 0) is 0 Å². The first kappa shape index (κ1) is 20.3. The van der Waals surface area contributed by atoms with Gasteiger partial charge in [0.15, 0.2) is 0 Å². The van der Waals surface area contributed by atoms with Gasteiger partial charge in [-0.25, -0.2) is 0 Å². The van der Waals surface area contributed by atoms with E-state index in [2.05, 4.69) is 23.1 Å². The average molecular weight is 305 g/mol. The molecule has 0 fully saturated rings. The Kier molecular flexibility index (Phi) is 12.0. The maximum Gasteiger partial charge on any atom is 0.0863 e. The third kappa shape index (κ3) is 11.0. The molecular weight excluding hydrogens is 278 g/mol. The minimum absolute atomic E-state index is 0.427. The van der Waals surface area contributed by atoms with E-state index in [1.54, 1.807) is 0 Å². The van der Waals surface area contributed by atoms with E-state index in [9.17, 15) is 0 Å². The van der Waals surface area contributed by atoms with E-state index < -0.39 is 0 Å². The highest BCUT2D eigenvalue weighted by Crippen LogP contribution is 1.94. The van der Waals surface area contributed by atoms with Crippen LogP contribution in [0.3, 0.4) is 0 Å². The van der Waals surface area contributed by atoms with Gasteiger partial charge in [0.1, 0.15) is 0 Å². The zero-order valence-corrected chi connectivity index (χ0v) is 14.0. The first-order chi connectivity index (χ1) is 10.5. The molecule has 7 heteroatoms. The predicted octanol–water partition coefficient (Wildman–Crippen LogP) is -0.345. The fraction of sp³-hybridized carbons (Fsp3) is 0.800. The Morgan fingerprint density at radius 2 is 0.818 bits per heavy atom. The van der Waals surface area contributed by atoms with Crippen LogP contribution in [0.15, 0.2) is 0 Å². The minimum atomic E-state index is 0.427. The molecule has 22 heavy (non-hydrogen) atoms. The van der Waals surface area contributed by atoms with E-state index in [-0.39, 0.29) is 0 Å². The SMILES string of the molecule is CN(CC#N)CCN(CCN(C)CC#N)CCN(C)CC#N. The molecule has 0 atom stereocenters. The molecule has 0 saturated carbocycles. The van der Waals surface area contributed by atoms with Crippen LogP contribution in [-0.4, -0.2) is 99.6 Å². The molecule has 0 aromatic heterocycles. The van der Waals surface area contributed by atoms with Crippen molar-refractivity contribution in [1.29, 1.82) is 15.8 Å². The van der Waals surface area contributed by atoms with Crippen molar-refractivity contribution >= 4 is 0 Å². The molecule has 0 aliphatic heterocycles. The van der Waals surface area contributed by atoms with Crippen molar-refractivity contribution in [3.8, 4) is 18.2 Å². The zero-order valence-electron chi connectivity index (χ0n) is 14.0. The van der Waals surface area contributed by atoms with Gasteiger partial charge in [0.2, 0.25) is 0 Å². The van der Waals surface area contributed by atoms with Crippen LogP contribution >= 0.6 is 0 Å². The Bertz CT molecular complexity index is 342. The Morgan fingerprint density at radius 3 is 1.05 bits per heavy atom. The molecule has 0 heterocycles.